The molecule has 1 aromatic carbocycles. The molecule has 1 amide bonds. The topological polar surface area (TPSA) is 99.6 Å². The summed E-state index contributed by atoms with van der Waals surface area (Å²) in [5.41, 5.74) is 1.66. The minimum absolute atomic E-state index is 0.269. The number of piperazine rings is 1. The van der Waals surface area contributed by atoms with Gasteiger partial charge in [-0.3, -0.25) is 9.00 Å². The molecule has 1 heterocycles. The molecule has 1 fully saturated rings. The molecule has 2 rings (SSSR count). The standard InChI is InChI=1S/C21H29ClN4O3S/c1-2-3-4-5-6-10-19(21(27)24-18-9-7-8-17(22)15-18)20(16-23)25-11-13-26(14-12-25)30(28)29/h2,7-9,15-16,23H,1,3-6,10-14H2,(H,24,27)(H,28,29)/p-1/b20-19+,23-16?. The van der Waals surface area contributed by atoms with Crippen molar-refractivity contribution in [2.75, 3.05) is 31.5 Å². The number of halogens is 1. The fourth-order valence-corrected chi connectivity index (χ4v) is 4.00. The van der Waals surface area contributed by atoms with Gasteiger partial charge < -0.3 is 20.2 Å². The number of allylic oxidation sites excluding steroid dienone is 2. The van der Waals surface area contributed by atoms with Gasteiger partial charge in [-0.2, -0.15) is 0 Å². The van der Waals surface area contributed by atoms with E-state index in [1.807, 2.05) is 11.0 Å². The zero-order valence-electron chi connectivity index (χ0n) is 16.9. The van der Waals surface area contributed by atoms with Crippen molar-refractivity contribution in [3.05, 3.63) is 53.2 Å². The van der Waals surface area contributed by atoms with Crippen molar-refractivity contribution in [1.82, 2.24) is 9.21 Å². The fourth-order valence-electron chi connectivity index (χ4n) is 3.35. The normalized spacial score (nSPS) is 16.5. The molecule has 7 nitrogen and oxygen atoms in total. The molecule has 9 heteroatoms. The summed E-state index contributed by atoms with van der Waals surface area (Å²) in [4.78, 5) is 15.0. The van der Waals surface area contributed by atoms with Crippen LogP contribution in [0.3, 0.4) is 0 Å². The molecule has 1 unspecified atom stereocenters. The molecule has 2 N–H and O–H groups in total. The van der Waals surface area contributed by atoms with Crippen LogP contribution in [-0.4, -0.2) is 56.3 Å². The maximum atomic E-state index is 13.1. The maximum absolute atomic E-state index is 13.1. The van der Waals surface area contributed by atoms with E-state index in [0.717, 1.165) is 25.7 Å². The summed E-state index contributed by atoms with van der Waals surface area (Å²) in [5, 5.41) is 11.3. The highest BCUT2D eigenvalue weighted by molar-refractivity contribution is 7.76. The van der Waals surface area contributed by atoms with Gasteiger partial charge in [-0.05, 0) is 43.9 Å². The van der Waals surface area contributed by atoms with Gasteiger partial charge in [-0.15, -0.1) is 6.58 Å². The molecule has 0 bridgehead atoms. The lowest BCUT2D eigenvalue weighted by Gasteiger charge is -2.37. The largest absolute Gasteiger partial charge is 0.760 e. The lowest BCUT2D eigenvalue weighted by molar-refractivity contribution is -0.113. The van der Waals surface area contributed by atoms with E-state index in [1.165, 1.54) is 10.5 Å². The number of carbonyl (C=O) groups excluding carboxylic acids is 1. The average Bonchev–Trinajstić information content (AvgIpc) is 2.73. The SMILES string of the molecule is C=CCCCCC/C(C(=O)Nc1cccc(Cl)c1)=C(/C=N)N1CCN(S(=O)[O-])CC1. The van der Waals surface area contributed by atoms with Crippen LogP contribution >= 0.6 is 11.6 Å². The molecule has 0 saturated carbocycles. The highest BCUT2D eigenvalue weighted by atomic mass is 35.5. The van der Waals surface area contributed by atoms with Crippen molar-refractivity contribution in [2.45, 2.75) is 32.1 Å². The van der Waals surface area contributed by atoms with Gasteiger partial charge in [0.25, 0.3) is 5.91 Å². The first-order valence-corrected chi connectivity index (χ1v) is 11.4. The number of amides is 1. The Morgan fingerprint density at radius 2 is 2.00 bits per heavy atom. The van der Waals surface area contributed by atoms with Crippen molar-refractivity contribution >= 4 is 40.7 Å². The van der Waals surface area contributed by atoms with Crippen LogP contribution in [-0.2, 0) is 16.1 Å². The average molecular weight is 452 g/mol. The van der Waals surface area contributed by atoms with E-state index < -0.39 is 11.3 Å². The summed E-state index contributed by atoms with van der Waals surface area (Å²) in [5.74, 6) is -0.269. The van der Waals surface area contributed by atoms with Crippen LogP contribution in [0.25, 0.3) is 0 Å². The Kier molecular flexibility index (Phi) is 10.2. The van der Waals surface area contributed by atoms with Crippen LogP contribution in [0.4, 0.5) is 5.69 Å². The fraction of sp³-hybridized carbons (Fsp3) is 0.429. The minimum Gasteiger partial charge on any atom is -0.760 e. The van der Waals surface area contributed by atoms with Gasteiger partial charge in [0.05, 0.1) is 5.70 Å². The number of nitrogens with one attached hydrogen (secondary N) is 2. The maximum Gasteiger partial charge on any atom is 0.253 e. The second-order valence-electron chi connectivity index (χ2n) is 6.99. The van der Waals surface area contributed by atoms with Crippen molar-refractivity contribution < 1.29 is 13.6 Å². The Labute approximate surface area is 185 Å². The molecule has 30 heavy (non-hydrogen) atoms. The van der Waals surface area contributed by atoms with E-state index in [9.17, 15) is 13.6 Å². The lowest BCUT2D eigenvalue weighted by Crippen LogP contribution is -2.47. The summed E-state index contributed by atoms with van der Waals surface area (Å²) < 4.78 is 23.7. The number of carbonyl (C=O) groups is 1. The molecule has 1 aliphatic rings. The van der Waals surface area contributed by atoms with E-state index in [0.29, 0.717) is 54.6 Å². The first kappa shape index (κ1) is 24.3. The summed E-state index contributed by atoms with van der Waals surface area (Å²) in [6.07, 6.45) is 7.30. The second kappa shape index (κ2) is 12.6. The summed E-state index contributed by atoms with van der Waals surface area (Å²) >= 11 is 3.76. The van der Waals surface area contributed by atoms with Gasteiger partial charge in [0.2, 0.25) is 0 Å². The first-order valence-electron chi connectivity index (χ1n) is 9.97. The van der Waals surface area contributed by atoms with E-state index in [1.54, 1.807) is 24.3 Å². The van der Waals surface area contributed by atoms with E-state index in [2.05, 4.69) is 11.9 Å². The summed E-state index contributed by atoms with van der Waals surface area (Å²) in [7, 11) is 0. The monoisotopic (exact) mass is 451 g/mol. The van der Waals surface area contributed by atoms with E-state index in [4.69, 9.17) is 17.0 Å². The molecular formula is C21H28ClN4O3S-. The van der Waals surface area contributed by atoms with E-state index in [-0.39, 0.29) is 5.91 Å². The molecule has 164 valence electrons. The first-order chi connectivity index (χ1) is 14.5. The summed E-state index contributed by atoms with van der Waals surface area (Å²) in [6.45, 7) is 5.25. The van der Waals surface area contributed by atoms with Crippen LogP contribution in [0.15, 0.2) is 48.2 Å². The lowest BCUT2D eigenvalue weighted by atomic mass is 10.0. The van der Waals surface area contributed by atoms with Gasteiger partial charge in [-0.1, -0.05) is 30.2 Å². The van der Waals surface area contributed by atoms with E-state index >= 15 is 0 Å². The predicted molar refractivity (Wildman–Crippen MR) is 121 cm³/mol. The molecule has 1 aliphatic heterocycles. The third-order valence-corrected chi connectivity index (χ3v) is 5.95. The highest BCUT2D eigenvalue weighted by Gasteiger charge is 2.23. The smallest absolute Gasteiger partial charge is 0.253 e. The zero-order valence-corrected chi connectivity index (χ0v) is 18.5. The van der Waals surface area contributed by atoms with Crippen molar-refractivity contribution in [3.8, 4) is 0 Å². The minimum atomic E-state index is -2.25. The Hall–Kier alpha value is -2.00. The number of nitrogens with zero attached hydrogens (tertiary/aromatic N) is 2. The molecule has 1 atom stereocenters. The Balaban J connectivity index is 2.20. The Morgan fingerprint density at radius 3 is 2.60 bits per heavy atom. The van der Waals surface area contributed by atoms with Gasteiger partial charge in [0.1, 0.15) is 0 Å². The van der Waals surface area contributed by atoms with Gasteiger partial charge in [0.15, 0.2) is 0 Å². The quantitative estimate of drug-likeness (QED) is 0.176. The third-order valence-electron chi connectivity index (χ3n) is 4.93. The molecule has 0 aliphatic carbocycles. The van der Waals surface area contributed by atoms with Crippen LogP contribution in [0, 0.1) is 5.41 Å². The molecule has 0 aromatic heterocycles. The number of rotatable bonds is 11. The van der Waals surface area contributed by atoms with Crippen LogP contribution in [0.2, 0.25) is 5.02 Å². The number of hydrogen-bond donors (Lipinski definition) is 2. The molecule has 0 spiro atoms. The van der Waals surface area contributed by atoms with Crippen molar-refractivity contribution in [2.24, 2.45) is 0 Å². The van der Waals surface area contributed by atoms with Crippen molar-refractivity contribution in [3.63, 3.8) is 0 Å². The van der Waals surface area contributed by atoms with Gasteiger partial charge in [-0.25, -0.2) is 4.31 Å². The molecule has 0 radical (unpaired) electrons. The zero-order chi connectivity index (χ0) is 21.9. The van der Waals surface area contributed by atoms with Crippen LogP contribution in [0.1, 0.15) is 32.1 Å². The number of hydrogen-bond acceptors (Lipinski definition) is 5. The number of unbranched alkanes of at least 4 members (excludes halogenated alkanes) is 3. The number of benzene rings is 1. The summed E-state index contributed by atoms with van der Waals surface area (Å²) in [6, 6.07) is 6.93. The Bertz CT molecular complexity index is 807. The molecular weight excluding hydrogens is 424 g/mol. The predicted octanol–water partition coefficient (Wildman–Crippen LogP) is 3.73. The van der Waals surface area contributed by atoms with Gasteiger partial charge >= 0.3 is 0 Å². The van der Waals surface area contributed by atoms with Crippen LogP contribution in [0.5, 0.6) is 0 Å². The van der Waals surface area contributed by atoms with Gasteiger partial charge in [0, 0.05) is 59.9 Å². The molecule has 1 saturated heterocycles. The third kappa shape index (κ3) is 7.36. The Morgan fingerprint density at radius 1 is 1.27 bits per heavy atom. The van der Waals surface area contributed by atoms with Crippen LogP contribution < -0.4 is 5.32 Å². The second-order valence-corrected chi connectivity index (χ2v) is 8.38. The highest BCUT2D eigenvalue weighted by Crippen LogP contribution is 2.22. The molecule has 1 aromatic rings. The number of anilines is 1. The van der Waals surface area contributed by atoms with Crippen molar-refractivity contribution in [1.29, 1.82) is 5.41 Å².